The van der Waals surface area contributed by atoms with Crippen molar-refractivity contribution in [3.05, 3.63) is 0 Å². The van der Waals surface area contributed by atoms with Crippen LogP contribution in [0.5, 0.6) is 0 Å². The molecule has 1 aliphatic rings. The molecular formula is C16H31NO. The molecule has 0 aromatic heterocycles. The number of hydrogen-bond donors (Lipinski definition) is 0. The Balaban J connectivity index is 2.90. The molecule has 0 saturated carbocycles. The zero-order valence-electron chi connectivity index (χ0n) is 13.2. The third-order valence-corrected chi connectivity index (χ3v) is 3.79. The molecule has 1 fully saturated rings. The van der Waals surface area contributed by atoms with Crippen molar-refractivity contribution in [2.75, 3.05) is 6.54 Å². The van der Waals surface area contributed by atoms with Crippen molar-refractivity contribution in [3.63, 3.8) is 0 Å². The molecule has 0 radical (unpaired) electrons. The van der Waals surface area contributed by atoms with Gasteiger partial charge >= 0.3 is 0 Å². The Morgan fingerprint density at radius 1 is 1.06 bits per heavy atom. The van der Waals surface area contributed by atoms with Gasteiger partial charge in [-0.05, 0) is 30.1 Å². The molecule has 1 unspecified atom stereocenters. The van der Waals surface area contributed by atoms with Crippen molar-refractivity contribution in [1.29, 1.82) is 0 Å². The van der Waals surface area contributed by atoms with Gasteiger partial charge in [0, 0.05) is 19.0 Å². The predicted molar refractivity (Wildman–Crippen MR) is 77.5 cm³/mol. The molecule has 1 rings (SSSR count). The minimum absolute atomic E-state index is 0.160. The summed E-state index contributed by atoms with van der Waals surface area (Å²) in [6.07, 6.45) is 5.28. The van der Waals surface area contributed by atoms with E-state index >= 15 is 0 Å². The first-order valence-electron chi connectivity index (χ1n) is 7.41. The number of carbonyl (C=O) groups excluding carboxylic acids is 1. The normalized spacial score (nSPS) is 20.8. The van der Waals surface area contributed by atoms with E-state index in [2.05, 4.69) is 46.4 Å². The van der Waals surface area contributed by atoms with Gasteiger partial charge in [-0.25, -0.2) is 0 Å². The molecule has 0 aromatic carbocycles. The van der Waals surface area contributed by atoms with Crippen LogP contribution < -0.4 is 0 Å². The average molecular weight is 253 g/mol. The lowest BCUT2D eigenvalue weighted by Crippen LogP contribution is -2.48. The summed E-state index contributed by atoms with van der Waals surface area (Å²) in [5.41, 5.74) is 0.428. The van der Waals surface area contributed by atoms with Gasteiger partial charge < -0.3 is 4.90 Å². The molecule has 1 heterocycles. The van der Waals surface area contributed by atoms with E-state index in [4.69, 9.17) is 0 Å². The predicted octanol–water partition coefficient (Wildman–Crippen LogP) is 4.24. The first-order chi connectivity index (χ1) is 8.11. The summed E-state index contributed by atoms with van der Waals surface area (Å²) >= 11 is 0. The van der Waals surface area contributed by atoms with E-state index in [-0.39, 0.29) is 10.8 Å². The zero-order valence-corrected chi connectivity index (χ0v) is 13.2. The van der Waals surface area contributed by atoms with Crippen LogP contribution in [0.4, 0.5) is 0 Å². The molecule has 1 atom stereocenters. The van der Waals surface area contributed by atoms with Crippen LogP contribution in [0.1, 0.15) is 73.6 Å². The van der Waals surface area contributed by atoms with Crippen molar-refractivity contribution >= 4 is 5.91 Å². The Morgan fingerprint density at radius 3 is 2.17 bits per heavy atom. The van der Waals surface area contributed by atoms with E-state index < -0.39 is 0 Å². The lowest BCUT2D eigenvalue weighted by Gasteiger charge is -2.43. The fourth-order valence-electron chi connectivity index (χ4n) is 2.80. The van der Waals surface area contributed by atoms with Gasteiger partial charge in [0.2, 0.25) is 5.91 Å². The topological polar surface area (TPSA) is 20.3 Å². The van der Waals surface area contributed by atoms with Gasteiger partial charge in [-0.3, -0.25) is 4.79 Å². The number of carbonyl (C=O) groups is 1. The average Bonchev–Trinajstić information content (AvgIpc) is 2.36. The second kappa shape index (κ2) is 5.63. The van der Waals surface area contributed by atoms with Gasteiger partial charge in [0.25, 0.3) is 0 Å². The largest absolute Gasteiger partial charge is 0.339 e. The van der Waals surface area contributed by atoms with Crippen LogP contribution in [0.15, 0.2) is 0 Å². The summed E-state index contributed by atoms with van der Waals surface area (Å²) in [5.74, 6) is 0.372. The van der Waals surface area contributed by atoms with Crippen LogP contribution in [0.3, 0.4) is 0 Å². The summed E-state index contributed by atoms with van der Waals surface area (Å²) in [6.45, 7) is 14.6. The van der Waals surface area contributed by atoms with Gasteiger partial charge in [-0.1, -0.05) is 48.0 Å². The molecule has 0 aromatic rings. The van der Waals surface area contributed by atoms with Crippen molar-refractivity contribution in [3.8, 4) is 0 Å². The molecule has 1 amide bonds. The van der Waals surface area contributed by atoms with E-state index in [1.807, 2.05) is 0 Å². The van der Waals surface area contributed by atoms with E-state index in [9.17, 15) is 4.79 Å². The molecule has 0 N–H and O–H groups in total. The van der Waals surface area contributed by atoms with Gasteiger partial charge in [0.05, 0.1) is 0 Å². The number of likely N-dealkylation sites (tertiary alicyclic amines) is 1. The summed E-state index contributed by atoms with van der Waals surface area (Å²) < 4.78 is 0. The lowest BCUT2D eigenvalue weighted by atomic mass is 9.76. The molecule has 0 spiro atoms. The van der Waals surface area contributed by atoms with Crippen LogP contribution >= 0.6 is 0 Å². The SMILES string of the molecule is CC(C)(C)CC(N1CCCCCC1=O)C(C)(C)C. The van der Waals surface area contributed by atoms with Crippen LogP contribution in [0.2, 0.25) is 0 Å². The second-order valence-corrected chi connectivity index (χ2v) is 8.04. The zero-order chi connectivity index (χ0) is 14.0. The second-order valence-electron chi connectivity index (χ2n) is 8.04. The maximum Gasteiger partial charge on any atom is 0.222 e. The number of rotatable bonds is 2. The van der Waals surface area contributed by atoms with Crippen LogP contribution in [-0.4, -0.2) is 23.4 Å². The summed E-state index contributed by atoms with van der Waals surface area (Å²) in [5, 5.41) is 0. The Bertz CT molecular complexity index is 282. The maximum absolute atomic E-state index is 12.3. The van der Waals surface area contributed by atoms with Gasteiger partial charge in [0.15, 0.2) is 0 Å². The first kappa shape index (κ1) is 15.5. The number of hydrogen-bond acceptors (Lipinski definition) is 1. The molecule has 1 aliphatic heterocycles. The third kappa shape index (κ3) is 4.62. The number of amides is 1. The van der Waals surface area contributed by atoms with Crippen LogP contribution in [0, 0.1) is 10.8 Å². The van der Waals surface area contributed by atoms with Crippen LogP contribution in [0.25, 0.3) is 0 Å². The summed E-state index contributed by atoms with van der Waals surface area (Å²) in [4.78, 5) is 14.5. The highest BCUT2D eigenvalue weighted by Crippen LogP contribution is 2.35. The Kier molecular flexibility index (Phi) is 4.85. The molecule has 18 heavy (non-hydrogen) atoms. The minimum atomic E-state index is 0.160. The first-order valence-corrected chi connectivity index (χ1v) is 7.41. The van der Waals surface area contributed by atoms with E-state index in [1.165, 1.54) is 12.8 Å². The Morgan fingerprint density at radius 2 is 1.67 bits per heavy atom. The molecule has 0 aliphatic carbocycles. The molecule has 106 valence electrons. The summed E-state index contributed by atoms with van der Waals surface area (Å²) in [7, 11) is 0. The van der Waals surface area contributed by atoms with Crippen molar-refractivity contribution in [2.45, 2.75) is 79.7 Å². The minimum Gasteiger partial charge on any atom is -0.339 e. The molecule has 0 bridgehead atoms. The fraction of sp³-hybridized carbons (Fsp3) is 0.938. The monoisotopic (exact) mass is 253 g/mol. The number of nitrogens with zero attached hydrogens (tertiary/aromatic N) is 1. The molecule has 1 saturated heterocycles. The van der Waals surface area contributed by atoms with Gasteiger partial charge in [0.1, 0.15) is 0 Å². The molecular weight excluding hydrogens is 222 g/mol. The van der Waals surface area contributed by atoms with Crippen molar-refractivity contribution in [1.82, 2.24) is 4.90 Å². The van der Waals surface area contributed by atoms with Gasteiger partial charge in [-0.15, -0.1) is 0 Å². The Labute approximate surface area is 113 Å². The maximum atomic E-state index is 12.3. The fourth-order valence-corrected chi connectivity index (χ4v) is 2.80. The standard InChI is InChI=1S/C16H31NO/c1-15(2,3)12-13(16(4,5)6)17-11-9-7-8-10-14(17)18/h13H,7-12H2,1-6H3. The lowest BCUT2D eigenvalue weighted by molar-refractivity contribution is -0.136. The van der Waals surface area contributed by atoms with Gasteiger partial charge in [-0.2, -0.15) is 0 Å². The quantitative estimate of drug-likeness (QED) is 0.721. The Hall–Kier alpha value is -0.530. The highest BCUT2D eigenvalue weighted by molar-refractivity contribution is 5.76. The van der Waals surface area contributed by atoms with E-state index in [0.29, 0.717) is 11.9 Å². The highest BCUT2D eigenvalue weighted by Gasteiger charge is 2.36. The van der Waals surface area contributed by atoms with Crippen LogP contribution in [-0.2, 0) is 4.79 Å². The molecule has 2 heteroatoms. The van der Waals surface area contributed by atoms with E-state index in [0.717, 1.165) is 25.8 Å². The molecule has 2 nitrogen and oxygen atoms in total. The van der Waals surface area contributed by atoms with E-state index in [1.54, 1.807) is 0 Å². The smallest absolute Gasteiger partial charge is 0.222 e. The van der Waals surface area contributed by atoms with Crippen molar-refractivity contribution in [2.24, 2.45) is 10.8 Å². The van der Waals surface area contributed by atoms with Crippen molar-refractivity contribution < 1.29 is 4.79 Å². The highest BCUT2D eigenvalue weighted by atomic mass is 16.2. The summed E-state index contributed by atoms with van der Waals surface area (Å²) in [6, 6.07) is 0.364. The third-order valence-electron chi connectivity index (χ3n) is 3.79.